The van der Waals surface area contributed by atoms with Crippen LogP contribution in [0.15, 0.2) is 9.59 Å². The average Bonchev–Trinajstić information content (AvgIpc) is 2.85. The first-order valence-corrected chi connectivity index (χ1v) is 7.89. The minimum absolute atomic E-state index is 0. The molecule has 0 aromatic carbocycles. The number of nitrogens with zero attached hydrogens (tertiary/aromatic N) is 2. The van der Waals surface area contributed by atoms with E-state index < -0.39 is 29.9 Å². The van der Waals surface area contributed by atoms with Crippen molar-refractivity contribution >= 4 is 27.8 Å². The third kappa shape index (κ3) is 4.47. The summed E-state index contributed by atoms with van der Waals surface area (Å²) in [7, 11) is 0. The van der Waals surface area contributed by atoms with E-state index in [2.05, 4.69) is 13.8 Å². The normalized spacial score (nSPS) is 11.8. The van der Waals surface area contributed by atoms with Crippen LogP contribution in [0.4, 0.5) is 13.2 Å². The molecular formula is C15H15F3N2O3SU. The van der Waals surface area contributed by atoms with Gasteiger partial charge in [0, 0.05) is 0 Å². The summed E-state index contributed by atoms with van der Waals surface area (Å²) in [6, 6.07) is 0. The summed E-state index contributed by atoms with van der Waals surface area (Å²) in [5.74, 6) is -0.519. The molecule has 0 unspecified atom stereocenters. The van der Waals surface area contributed by atoms with Crippen molar-refractivity contribution < 1.29 is 49.1 Å². The van der Waals surface area contributed by atoms with Crippen LogP contribution in [0.3, 0.4) is 0 Å². The summed E-state index contributed by atoms with van der Waals surface area (Å²) in [6.45, 7) is 7.20. The van der Waals surface area contributed by atoms with Crippen molar-refractivity contribution in [2.45, 2.75) is 32.6 Å². The van der Waals surface area contributed by atoms with Crippen LogP contribution in [-0.4, -0.2) is 21.6 Å². The van der Waals surface area contributed by atoms with E-state index in [1.54, 1.807) is 6.92 Å². The number of carbonyl (C=O) groups is 1. The monoisotopic (exact) mass is 598 g/mol. The van der Waals surface area contributed by atoms with Crippen LogP contribution in [0.5, 0.6) is 0 Å². The van der Waals surface area contributed by atoms with E-state index in [1.807, 2.05) is 0 Å². The van der Waals surface area contributed by atoms with Gasteiger partial charge in [0.2, 0.25) is 0 Å². The third-order valence-corrected chi connectivity index (χ3v) is 4.60. The van der Waals surface area contributed by atoms with Gasteiger partial charge in [-0.3, -0.25) is 24.6 Å². The molecule has 0 fully saturated rings. The molecule has 0 aliphatic heterocycles. The Hall–Kier alpha value is -0.848. The van der Waals surface area contributed by atoms with Crippen molar-refractivity contribution in [3.05, 3.63) is 45.1 Å². The molecule has 0 N–H and O–H groups in total. The Morgan fingerprint density at radius 1 is 1.24 bits per heavy atom. The molecule has 0 aliphatic carbocycles. The summed E-state index contributed by atoms with van der Waals surface area (Å²) in [6.07, 6.45) is -3.90. The van der Waals surface area contributed by atoms with Gasteiger partial charge in [0.05, 0.1) is 10.3 Å². The topological polar surface area (TPSA) is 61.1 Å². The van der Waals surface area contributed by atoms with Crippen LogP contribution >= 0.6 is 11.3 Å². The molecule has 25 heavy (non-hydrogen) atoms. The second kappa shape index (κ2) is 8.23. The number of fused-ring (bicyclic) bond motifs is 1. The van der Waals surface area contributed by atoms with Crippen molar-refractivity contribution in [1.82, 2.24) is 9.13 Å². The predicted octanol–water partition coefficient (Wildman–Crippen LogP) is 2.45. The van der Waals surface area contributed by atoms with Gasteiger partial charge in [-0.2, -0.15) is 13.2 Å². The molecule has 0 atom stereocenters. The standard InChI is InChI=1S/C15H15F3N2O3S.U/c1-4-9-10(6-21)24-13-11(9)12(22)20(7-15(16,17)18)14(23)19(13)5-8(2)3;/h6,8H,2-5,7H2,1H3;/q-2;+2. The fourth-order valence-electron chi connectivity index (χ4n) is 2.52. The molecule has 0 radical (unpaired) electrons. The van der Waals surface area contributed by atoms with Crippen LogP contribution in [0, 0.1) is 50.9 Å². The van der Waals surface area contributed by atoms with Gasteiger partial charge in [-0.15, -0.1) is 11.3 Å². The number of carbonyl (C=O) groups excluding carboxylic acids is 1. The Morgan fingerprint density at radius 3 is 2.28 bits per heavy atom. The van der Waals surface area contributed by atoms with Gasteiger partial charge in [0.25, 0.3) is 5.56 Å². The summed E-state index contributed by atoms with van der Waals surface area (Å²) in [5, 5.41) is -0.0194. The van der Waals surface area contributed by atoms with Gasteiger partial charge in [0.15, 0.2) is 6.29 Å². The molecular weight excluding hydrogens is 583 g/mol. The Bertz CT molecular complexity index is 897. The van der Waals surface area contributed by atoms with Crippen molar-refractivity contribution in [3.63, 3.8) is 0 Å². The largest absolute Gasteiger partial charge is 2.00 e. The van der Waals surface area contributed by atoms with E-state index in [1.165, 1.54) is 0 Å². The molecule has 0 bridgehead atoms. The van der Waals surface area contributed by atoms with Gasteiger partial charge in [0.1, 0.15) is 11.4 Å². The Morgan fingerprint density at radius 2 is 1.84 bits per heavy atom. The molecule has 2 rings (SSSR count). The second-order valence-corrected chi connectivity index (χ2v) is 6.39. The van der Waals surface area contributed by atoms with Gasteiger partial charge < -0.3 is 13.8 Å². The Balaban J connectivity index is 0.00000312. The molecule has 5 nitrogen and oxygen atoms in total. The number of hydrogen-bond donors (Lipinski definition) is 0. The van der Waals surface area contributed by atoms with Gasteiger partial charge in [-0.05, 0) is 18.5 Å². The molecule has 0 spiro atoms. The first-order chi connectivity index (χ1) is 11.1. The van der Waals surface area contributed by atoms with Crippen LogP contribution in [-0.2, 0) is 19.5 Å². The fourth-order valence-corrected chi connectivity index (χ4v) is 3.72. The zero-order valence-corrected chi connectivity index (χ0v) is 18.3. The first-order valence-electron chi connectivity index (χ1n) is 7.07. The molecule has 0 amide bonds. The van der Waals surface area contributed by atoms with E-state index in [0.29, 0.717) is 11.8 Å². The van der Waals surface area contributed by atoms with Crippen LogP contribution < -0.4 is 11.2 Å². The van der Waals surface area contributed by atoms with Crippen LogP contribution in [0.1, 0.15) is 22.2 Å². The maximum atomic E-state index is 12.8. The maximum absolute atomic E-state index is 12.8. The van der Waals surface area contributed by atoms with E-state index in [0.717, 1.165) is 15.9 Å². The first kappa shape index (κ1) is 22.2. The van der Waals surface area contributed by atoms with Crippen molar-refractivity contribution in [3.8, 4) is 0 Å². The van der Waals surface area contributed by atoms with Crippen molar-refractivity contribution in [2.24, 2.45) is 5.92 Å². The van der Waals surface area contributed by atoms with Crippen molar-refractivity contribution in [1.29, 1.82) is 0 Å². The summed E-state index contributed by atoms with van der Waals surface area (Å²) < 4.78 is 39.5. The predicted molar refractivity (Wildman–Crippen MR) is 85.4 cm³/mol. The number of thiophene rings is 1. The molecule has 0 aliphatic rings. The molecule has 2 aromatic heterocycles. The number of halogens is 3. The number of aldehydes is 1. The second-order valence-electron chi connectivity index (χ2n) is 5.36. The molecule has 0 saturated heterocycles. The smallest absolute Gasteiger partial charge is 0.368 e. The van der Waals surface area contributed by atoms with Gasteiger partial charge in [-0.1, -0.05) is 6.92 Å². The number of alkyl halides is 3. The van der Waals surface area contributed by atoms with Crippen LogP contribution in [0.2, 0.25) is 0 Å². The molecule has 2 aromatic rings. The number of aromatic nitrogens is 2. The van der Waals surface area contributed by atoms with Gasteiger partial charge in [-0.25, -0.2) is 4.79 Å². The molecule has 10 heteroatoms. The molecule has 2 heterocycles. The molecule has 134 valence electrons. The SMILES string of the molecule is [CH2-]C([CH2-])Cn1c(=O)n(CC(F)(F)F)c(=O)c2c(CC)c(C=O)sc21.[U+2]. The zero-order valence-electron chi connectivity index (χ0n) is 13.4. The summed E-state index contributed by atoms with van der Waals surface area (Å²) in [4.78, 5) is 36.5. The number of rotatable bonds is 5. The minimum Gasteiger partial charge on any atom is -0.368 e. The van der Waals surface area contributed by atoms with Gasteiger partial charge >= 0.3 is 43.0 Å². The quantitative estimate of drug-likeness (QED) is 0.393. The van der Waals surface area contributed by atoms with E-state index >= 15 is 0 Å². The molecule has 0 saturated carbocycles. The maximum Gasteiger partial charge on any atom is 2.00 e. The van der Waals surface area contributed by atoms with E-state index in [9.17, 15) is 27.6 Å². The fraction of sp³-hybridized carbons (Fsp3) is 0.400. The Labute approximate surface area is 169 Å². The average molecular weight is 598 g/mol. The number of hydrogen-bond acceptors (Lipinski definition) is 4. The third-order valence-electron chi connectivity index (χ3n) is 3.42. The van der Waals surface area contributed by atoms with Crippen molar-refractivity contribution in [2.75, 3.05) is 0 Å². The Kier molecular flexibility index (Phi) is 7.31. The summed E-state index contributed by atoms with van der Waals surface area (Å²) >= 11 is 0.917. The number of aryl methyl sites for hydroxylation is 1. The van der Waals surface area contributed by atoms with E-state index in [-0.39, 0.29) is 63.7 Å². The minimum atomic E-state index is -4.72. The van der Waals surface area contributed by atoms with E-state index in [4.69, 9.17) is 0 Å². The van der Waals surface area contributed by atoms with Crippen LogP contribution in [0.25, 0.3) is 10.2 Å². The summed E-state index contributed by atoms with van der Waals surface area (Å²) in [5.41, 5.74) is -1.76. The zero-order chi connectivity index (χ0) is 18.2.